The highest BCUT2D eigenvalue weighted by Gasteiger charge is 2.33. The summed E-state index contributed by atoms with van der Waals surface area (Å²) in [4.78, 5) is 0. The van der Waals surface area contributed by atoms with E-state index in [1.807, 2.05) is 0 Å². The van der Waals surface area contributed by atoms with Crippen LogP contribution in [0.5, 0.6) is 5.75 Å². The number of rotatable bonds is 1. The van der Waals surface area contributed by atoms with Gasteiger partial charge in [0.15, 0.2) is 0 Å². The Morgan fingerprint density at radius 3 is 2.84 bits per heavy atom. The maximum absolute atomic E-state index is 6.08. The zero-order valence-electron chi connectivity index (χ0n) is 11.6. The maximum atomic E-state index is 6.08. The summed E-state index contributed by atoms with van der Waals surface area (Å²) in [5.74, 6) is 1.81. The lowest BCUT2D eigenvalue weighted by molar-refractivity contribution is 0.138. The molecule has 4 nitrogen and oxygen atoms in total. The van der Waals surface area contributed by atoms with E-state index >= 15 is 0 Å². The van der Waals surface area contributed by atoms with Gasteiger partial charge in [0, 0.05) is 24.3 Å². The molecule has 100 valence electrons. The lowest BCUT2D eigenvalue weighted by Crippen LogP contribution is -2.27. The van der Waals surface area contributed by atoms with E-state index < -0.39 is 0 Å². The van der Waals surface area contributed by atoms with E-state index in [0.29, 0.717) is 5.84 Å². The Labute approximate surface area is 113 Å². The maximum Gasteiger partial charge on any atom is 0.132 e. The molecule has 1 aromatic carbocycles. The number of benzene rings is 1. The van der Waals surface area contributed by atoms with Crippen molar-refractivity contribution in [3.63, 3.8) is 0 Å². The second kappa shape index (κ2) is 4.08. The van der Waals surface area contributed by atoms with E-state index in [4.69, 9.17) is 10.5 Å². The molecule has 1 aromatic rings. The number of hydrogen-bond donors (Lipinski definition) is 1. The average molecular weight is 257 g/mol. The molecule has 2 aliphatic heterocycles. The minimum absolute atomic E-state index is 0.137. The molecule has 2 heterocycles. The van der Waals surface area contributed by atoms with Crippen molar-refractivity contribution in [2.75, 3.05) is 0 Å². The van der Waals surface area contributed by atoms with Gasteiger partial charge in [0.25, 0.3) is 0 Å². The van der Waals surface area contributed by atoms with Crippen molar-refractivity contribution in [1.82, 2.24) is 0 Å². The van der Waals surface area contributed by atoms with Gasteiger partial charge in [-0.15, -0.1) is 5.10 Å². The van der Waals surface area contributed by atoms with E-state index in [-0.39, 0.29) is 11.5 Å². The van der Waals surface area contributed by atoms with Crippen molar-refractivity contribution in [1.29, 1.82) is 0 Å². The standard InChI is InChI=1S/C15H19N3O/c1-9-7-12(17-18-14(9)16)11-6-4-5-10-8-15(2,3)19-13(10)11/h4-6,9H,7-8H2,1-3H3,(H2,16,18). The summed E-state index contributed by atoms with van der Waals surface area (Å²) >= 11 is 0. The highest BCUT2D eigenvalue weighted by molar-refractivity contribution is 6.06. The van der Waals surface area contributed by atoms with Gasteiger partial charge in [-0.2, -0.15) is 5.10 Å². The fraction of sp³-hybridized carbons (Fsp3) is 0.467. The first kappa shape index (κ1) is 12.2. The van der Waals surface area contributed by atoms with Gasteiger partial charge in [-0.25, -0.2) is 0 Å². The van der Waals surface area contributed by atoms with Crippen LogP contribution in [-0.4, -0.2) is 17.1 Å². The molecule has 19 heavy (non-hydrogen) atoms. The minimum Gasteiger partial charge on any atom is -0.487 e. The van der Waals surface area contributed by atoms with Crippen molar-refractivity contribution in [3.05, 3.63) is 29.3 Å². The predicted octanol–water partition coefficient (Wildman–Crippen LogP) is 2.50. The summed E-state index contributed by atoms with van der Waals surface area (Å²) in [5.41, 5.74) is 8.93. The second-order valence-corrected chi connectivity index (χ2v) is 6.01. The van der Waals surface area contributed by atoms with Crippen LogP contribution < -0.4 is 10.5 Å². The zero-order valence-corrected chi connectivity index (χ0v) is 11.6. The molecule has 0 saturated heterocycles. The molecule has 0 bridgehead atoms. The molecule has 3 rings (SSSR count). The largest absolute Gasteiger partial charge is 0.487 e. The van der Waals surface area contributed by atoms with E-state index in [0.717, 1.165) is 29.9 Å². The Morgan fingerprint density at radius 1 is 1.32 bits per heavy atom. The van der Waals surface area contributed by atoms with Crippen molar-refractivity contribution in [3.8, 4) is 5.75 Å². The van der Waals surface area contributed by atoms with E-state index in [1.165, 1.54) is 5.56 Å². The van der Waals surface area contributed by atoms with Crippen molar-refractivity contribution in [2.24, 2.45) is 21.9 Å². The van der Waals surface area contributed by atoms with Crippen LogP contribution in [0.2, 0.25) is 0 Å². The van der Waals surface area contributed by atoms with Crippen molar-refractivity contribution in [2.45, 2.75) is 39.2 Å². The molecule has 2 N–H and O–H groups in total. The van der Waals surface area contributed by atoms with Gasteiger partial charge in [-0.1, -0.05) is 19.1 Å². The van der Waals surface area contributed by atoms with E-state index in [9.17, 15) is 0 Å². The summed E-state index contributed by atoms with van der Waals surface area (Å²) in [5, 5.41) is 8.31. The van der Waals surface area contributed by atoms with Gasteiger partial charge in [-0.05, 0) is 25.5 Å². The quantitative estimate of drug-likeness (QED) is 0.840. The average Bonchev–Trinajstić information content (AvgIpc) is 2.66. The van der Waals surface area contributed by atoms with Gasteiger partial charge in [0.05, 0.1) is 5.71 Å². The molecule has 0 spiro atoms. The Morgan fingerprint density at radius 2 is 2.11 bits per heavy atom. The number of fused-ring (bicyclic) bond motifs is 1. The molecule has 0 amide bonds. The van der Waals surface area contributed by atoms with Gasteiger partial charge in [-0.3, -0.25) is 0 Å². The number of nitrogens with zero attached hydrogens (tertiary/aromatic N) is 2. The van der Waals surface area contributed by atoms with Crippen LogP contribution >= 0.6 is 0 Å². The third-order valence-corrected chi connectivity index (χ3v) is 3.69. The van der Waals surface area contributed by atoms with E-state index in [2.05, 4.69) is 49.2 Å². The molecule has 0 fully saturated rings. The summed E-state index contributed by atoms with van der Waals surface area (Å²) in [6.07, 6.45) is 1.75. The Bertz CT molecular complexity index is 587. The van der Waals surface area contributed by atoms with Crippen LogP contribution in [0.4, 0.5) is 0 Å². The lowest BCUT2D eigenvalue weighted by Gasteiger charge is -2.20. The number of hydrogen-bond acceptors (Lipinski definition) is 4. The molecular formula is C15H19N3O. The molecule has 0 radical (unpaired) electrons. The van der Waals surface area contributed by atoms with Crippen LogP contribution in [0.1, 0.15) is 38.3 Å². The molecule has 0 aromatic heterocycles. The topological polar surface area (TPSA) is 60.0 Å². The second-order valence-electron chi connectivity index (χ2n) is 6.01. The molecule has 0 aliphatic carbocycles. The molecule has 4 heteroatoms. The highest BCUT2D eigenvalue weighted by atomic mass is 16.5. The van der Waals surface area contributed by atoms with Crippen LogP contribution in [0.3, 0.4) is 0 Å². The van der Waals surface area contributed by atoms with Crippen LogP contribution in [0.15, 0.2) is 28.4 Å². The molecule has 0 saturated carbocycles. The van der Waals surface area contributed by atoms with E-state index in [1.54, 1.807) is 0 Å². The van der Waals surface area contributed by atoms with Crippen molar-refractivity contribution < 1.29 is 4.74 Å². The Hall–Kier alpha value is -1.84. The first-order valence-electron chi connectivity index (χ1n) is 6.67. The summed E-state index contributed by atoms with van der Waals surface area (Å²) in [7, 11) is 0. The number of amidine groups is 1. The number of nitrogens with two attached hydrogens (primary N) is 1. The highest BCUT2D eigenvalue weighted by Crippen LogP contribution is 2.38. The normalized spacial score (nSPS) is 24.3. The molecule has 1 unspecified atom stereocenters. The predicted molar refractivity (Wildman–Crippen MR) is 76.8 cm³/mol. The van der Waals surface area contributed by atoms with Crippen molar-refractivity contribution >= 4 is 11.5 Å². The molecular weight excluding hydrogens is 238 g/mol. The Kier molecular flexibility index (Phi) is 2.62. The summed E-state index contributed by atoms with van der Waals surface area (Å²) < 4.78 is 6.08. The summed E-state index contributed by atoms with van der Waals surface area (Å²) in [6, 6.07) is 6.24. The third-order valence-electron chi connectivity index (χ3n) is 3.69. The molecule has 1 atom stereocenters. The minimum atomic E-state index is -0.137. The van der Waals surface area contributed by atoms with Crippen LogP contribution in [0.25, 0.3) is 0 Å². The molecule has 2 aliphatic rings. The van der Waals surface area contributed by atoms with Gasteiger partial charge >= 0.3 is 0 Å². The van der Waals surface area contributed by atoms with Gasteiger partial charge in [0.1, 0.15) is 17.2 Å². The number of ether oxygens (including phenoxy) is 1. The SMILES string of the molecule is CC1CC(c2cccc3c2OC(C)(C)C3)=NN=C1N. The van der Waals surface area contributed by atoms with Gasteiger partial charge in [0.2, 0.25) is 0 Å². The van der Waals surface area contributed by atoms with Gasteiger partial charge < -0.3 is 10.5 Å². The number of para-hydroxylation sites is 1. The zero-order chi connectivity index (χ0) is 13.6. The monoisotopic (exact) mass is 257 g/mol. The fourth-order valence-corrected chi connectivity index (χ4v) is 2.66. The Balaban J connectivity index is 2.03. The fourth-order valence-electron chi connectivity index (χ4n) is 2.66. The first-order chi connectivity index (χ1) is 8.96. The summed E-state index contributed by atoms with van der Waals surface area (Å²) in [6.45, 7) is 6.29. The van der Waals surface area contributed by atoms with Crippen LogP contribution in [0, 0.1) is 5.92 Å². The lowest BCUT2D eigenvalue weighted by atomic mass is 9.94. The van der Waals surface area contributed by atoms with Crippen LogP contribution in [-0.2, 0) is 6.42 Å². The first-order valence-corrected chi connectivity index (χ1v) is 6.67. The smallest absolute Gasteiger partial charge is 0.132 e. The third kappa shape index (κ3) is 2.11.